The molecule has 0 spiro atoms. The lowest BCUT2D eigenvalue weighted by atomic mass is 10.1. The van der Waals surface area contributed by atoms with Crippen molar-refractivity contribution in [2.45, 2.75) is 30.8 Å². The van der Waals surface area contributed by atoms with Crippen LogP contribution in [0.15, 0.2) is 66.0 Å². The van der Waals surface area contributed by atoms with Gasteiger partial charge in [-0.3, -0.25) is 14.7 Å². The molecule has 4 heterocycles. The highest BCUT2D eigenvalue weighted by atomic mass is 32.2. The van der Waals surface area contributed by atoms with Crippen LogP contribution in [-0.4, -0.2) is 66.0 Å². The molecule has 1 aliphatic rings. The number of halogens is 1. The molecular formula is C28H27FN4O5S2. The average molecular weight is 583 g/mol. The van der Waals surface area contributed by atoms with Crippen molar-refractivity contribution in [2.75, 3.05) is 25.9 Å². The number of sulfone groups is 1. The molecule has 1 saturated heterocycles. The second-order valence-electron chi connectivity index (χ2n) is 9.47. The van der Waals surface area contributed by atoms with Crippen molar-refractivity contribution in [1.82, 2.24) is 19.9 Å². The van der Waals surface area contributed by atoms with E-state index in [4.69, 9.17) is 9.47 Å². The number of piperidine rings is 1. The lowest BCUT2D eigenvalue weighted by Gasteiger charge is -2.31. The Kier molecular flexibility index (Phi) is 8.19. The third-order valence-electron chi connectivity index (χ3n) is 6.51. The van der Waals surface area contributed by atoms with Gasteiger partial charge in [-0.2, -0.15) is 0 Å². The summed E-state index contributed by atoms with van der Waals surface area (Å²) in [5, 5.41) is 0. The Labute approximate surface area is 235 Å². The monoisotopic (exact) mass is 582 g/mol. The van der Waals surface area contributed by atoms with Gasteiger partial charge < -0.3 is 9.47 Å². The van der Waals surface area contributed by atoms with E-state index in [9.17, 15) is 17.6 Å². The molecule has 12 heteroatoms. The zero-order valence-electron chi connectivity index (χ0n) is 21.9. The molecule has 0 N–H and O–H groups in total. The number of thiophene rings is 1. The molecule has 3 aromatic heterocycles. The highest BCUT2D eigenvalue weighted by Gasteiger charge is 2.25. The van der Waals surface area contributed by atoms with Crippen LogP contribution in [-0.2, 0) is 9.84 Å². The molecule has 208 valence electrons. The Morgan fingerprint density at radius 2 is 1.85 bits per heavy atom. The van der Waals surface area contributed by atoms with Crippen LogP contribution in [0.3, 0.4) is 0 Å². The minimum atomic E-state index is -3.55. The number of nitrogens with zero attached hydrogens (tertiary/aromatic N) is 4. The molecule has 1 fully saturated rings. The average Bonchev–Trinajstić information content (AvgIpc) is 3.44. The summed E-state index contributed by atoms with van der Waals surface area (Å²) in [5.74, 6) is -0.456. The zero-order valence-corrected chi connectivity index (χ0v) is 23.5. The van der Waals surface area contributed by atoms with Gasteiger partial charge >= 0.3 is 0 Å². The molecule has 1 aromatic carbocycles. The first kappa shape index (κ1) is 27.8. The van der Waals surface area contributed by atoms with Gasteiger partial charge in [-0.1, -0.05) is 6.07 Å². The molecule has 9 nitrogen and oxygen atoms in total. The molecular weight excluding hydrogens is 555 g/mol. The van der Waals surface area contributed by atoms with Gasteiger partial charge in [-0.25, -0.2) is 22.8 Å². The predicted molar refractivity (Wildman–Crippen MR) is 148 cm³/mol. The SMILES string of the molecule is Cc1c(Oc2ccc(S(C)(=O)=O)cc2F)ncnc1OC1CCN(CC(=O)c2ccc(-c3ccccn3)s2)CC1. The fourth-order valence-corrected chi connectivity index (χ4v) is 5.84. The first-order valence-electron chi connectivity index (χ1n) is 12.6. The second-order valence-corrected chi connectivity index (χ2v) is 12.6. The molecule has 0 saturated carbocycles. The van der Waals surface area contributed by atoms with Gasteiger partial charge in [0, 0.05) is 25.5 Å². The molecule has 5 rings (SSSR count). The van der Waals surface area contributed by atoms with Crippen LogP contribution >= 0.6 is 11.3 Å². The highest BCUT2D eigenvalue weighted by Crippen LogP contribution is 2.31. The number of hydrogen-bond donors (Lipinski definition) is 0. The second kappa shape index (κ2) is 11.8. The maximum absolute atomic E-state index is 14.5. The fraction of sp³-hybridized carbons (Fsp3) is 0.286. The lowest BCUT2D eigenvalue weighted by Crippen LogP contribution is -2.40. The van der Waals surface area contributed by atoms with Gasteiger partial charge in [-0.15, -0.1) is 11.3 Å². The summed E-state index contributed by atoms with van der Waals surface area (Å²) in [5.41, 5.74) is 1.35. The molecule has 4 aromatic rings. The largest absolute Gasteiger partial charge is 0.474 e. The molecule has 40 heavy (non-hydrogen) atoms. The van der Waals surface area contributed by atoms with E-state index in [1.165, 1.54) is 29.8 Å². The van der Waals surface area contributed by atoms with Crippen LogP contribution < -0.4 is 9.47 Å². The summed E-state index contributed by atoms with van der Waals surface area (Å²) < 4.78 is 49.6. The number of ether oxygens (including phenoxy) is 2. The van der Waals surface area contributed by atoms with E-state index in [0.717, 1.165) is 22.9 Å². The Hall–Kier alpha value is -3.74. The Bertz CT molecular complexity index is 1620. The van der Waals surface area contributed by atoms with E-state index >= 15 is 0 Å². The number of carbonyl (C=O) groups is 1. The van der Waals surface area contributed by atoms with Crippen molar-refractivity contribution in [3.8, 4) is 28.1 Å². The maximum Gasteiger partial charge on any atom is 0.229 e. The molecule has 0 atom stereocenters. The number of rotatable bonds is 9. The Balaban J connectivity index is 1.16. The number of Topliss-reactive ketones (excluding diaryl/α,β-unsaturated/α-hetero) is 1. The zero-order chi connectivity index (χ0) is 28.3. The van der Waals surface area contributed by atoms with Gasteiger partial charge in [0.25, 0.3) is 0 Å². The number of benzene rings is 1. The maximum atomic E-state index is 14.5. The Morgan fingerprint density at radius 3 is 2.55 bits per heavy atom. The van der Waals surface area contributed by atoms with Crippen LogP contribution in [0.5, 0.6) is 17.5 Å². The molecule has 0 bridgehead atoms. The van der Waals surface area contributed by atoms with Crippen LogP contribution in [0.1, 0.15) is 28.1 Å². The minimum Gasteiger partial charge on any atom is -0.474 e. The predicted octanol–water partition coefficient (Wildman–Crippen LogP) is 4.97. The molecule has 0 radical (unpaired) electrons. The minimum absolute atomic E-state index is 0.0804. The number of hydrogen-bond acceptors (Lipinski definition) is 10. The van der Waals surface area contributed by atoms with Crippen molar-refractivity contribution in [2.24, 2.45) is 0 Å². The van der Waals surface area contributed by atoms with Crippen molar-refractivity contribution >= 4 is 27.0 Å². The van der Waals surface area contributed by atoms with Crippen LogP contribution in [0.2, 0.25) is 0 Å². The molecule has 0 aliphatic carbocycles. The van der Waals surface area contributed by atoms with Gasteiger partial charge in [-0.05, 0) is 62.2 Å². The van der Waals surface area contributed by atoms with Gasteiger partial charge in [0.05, 0.1) is 32.5 Å². The summed E-state index contributed by atoms with van der Waals surface area (Å²) in [7, 11) is -3.55. The summed E-state index contributed by atoms with van der Waals surface area (Å²) in [6.07, 6.45) is 5.31. The quantitative estimate of drug-likeness (QED) is 0.253. The number of ketones is 1. The number of likely N-dealkylation sites (tertiary alicyclic amines) is 1. The molecule has 0 amide bonds. The van der Waals surface area contributed by atoms with Gasteiger partial charge in [0.1, 0.15) is 12.4 Å². The van der Waals surface area contributed by atoms with Crippen molar-refractivity contribution in [3.63, 3.8) is 0 Å². The van der Waals surface area contributed by atoms with E-state index in [1.54, 1.807) is 13.1 Å². The first-order chi connectivity index (χ1) is 19.2. The number of carbonyl (C=O) groups excluding carboxylic acids is 1. The normalized spacial score (nSPS) is 14.7. The van der Waals surface area contributed by atoms with E-state index < -0.39 is 15.7 Å². The van der Waals surface area contributed by atoms with E-state index in [0.29, 0.717) is 48.8 Å². The fourth-order valence-electron chi connectivity index (χ4n) is 4.30. The smallest absolute Gasteiger partial charge is 0.229 e. The summed E-state index contributed by atoms with van der Waals surface area (Å²) in [6, 6.07) is 12.9. The van der Waals surface area contributed by atoms with Gasteiger partial charge in [0.15, 0.2) is 27.2 Å². The van der Waals surface area contributed by atoms with Crippen molar-refractivity contribution in [3.05, 3.63) is 77.3 Å². The van der Waals surface area contributed by atoms with Gasteiger partial charge in [0.2, 0.25) is 11.8 Å². The van der Waals surface area contributed by atoms with Crippen molar-refractivity contribution in [1.29, 1.82) is 0 Å². The topological polar surface area (TPSA) is 112 Å². The number of pyridine rings is 1. The highest BCUT2D eigenvalue weighted by molar-refractivity contribution is 7.90. The van der Waals surface area contributed by atoms with E-state index in [1.807, 2.05) is 30.3 Å². The standard InChI is InChI=1S/C28H27FN4O5S2/c1-18-27(31-17-32-28(18)38-24-7-6-20(15-21(24)29)40(2,35)36)37-19-10-13-33(14-11-19)16-23(34)26-9-8-25(39-26)22-5-3-4-12-30-22/h3-9,12,15,17,19H,10-11,13-14,16H2,1-2H3. The first-order valence-corrected chi connectivity index (χ1v) is 15.3. The van der Waals surface area contributed by atoms with Crippen molar-refractivity contribution < 1.29 is 27.1 Å². The summed E-state index contributed by atoms with van der Waals surface area (Å²) in [4.78, 5) is 29.2. The third-order valence-corrected chi connectivity index (χ3v) is 8.77. The third kappa shape index (κ3) is 6.52. The summed E-state index contributed by atoms with van der Waals surface area (Å²) >= 11 is 1.45. The van der Waals surface area contributed by atoms with E-state index in [2.05, 4.69) is 19.9 Å². The van der Waals surface area contributed by atoms with Crippen LogP contribution in [0.25, 0.3) is 10.6 Å². The lowest BCUT2D eigenvalue weighted by molar-refractivity contribution is 0.0777. The molecule has 0 unspecified atom stereocenters. The summed E-state index contributed by atoms with van der Waals surface area (Å²) in [6.45, 7) is 3.44. The van der Waals surface area contributed by atoms with Crippen LogP contribution in [0.4, 0.5) is 4.39 Å². The van der Waals surface area contributed by atoms with Crippen LogP contribution in [0, 0.1) is 12.7 Å². The van der Waals surface area contributed by atoms with E-state index in [-0.39, 0.29) is 28.4 Å². The Morgan fingerprint density at radius 1 is 1.07 bits per heavy atom. The number of aromatic nitrogens is 3. The molecule has 1 aliphatic heterocycles.